The maximum atomic E-state index is 11.2. The molecular weight excluding hydrogens is 260 g/mol. The minimum atomic E-state index is -0.317. The first kappa shape index (κ1) is 11.2. The van der Waals surface area contributed by atoms with Crippen molar-refractivity contribution in [3.63, 3.8) is 0 Å². The third-order valence-electron chi connectivity index (χ3n) is 1.33. The van der Waals surface area contributed by atoms with Gasteiger partial charge in [-0.15, -0.1) is 0 Å². The van der Waals surface area contributed by atoms with E-state index in [2.05, 4.69) is 4.97 Å². The first-order chi connectivity index (χ1) is 5.04. The van der Waals surface area contributed by atoms with Crippen molar-refractivity contribution >= 4 is 26.9 Å². The fourth-order valence-corrected chi connectivity index (χ4v) is 1.04. The first-order valence-electron chi connectivity index (χ1n) is 3.38. The third-order valence-corrected chi connectivity index (χ3v) is 4.71. The Kier molecular flexibility index (Phi) is 5.07. The van der Waals surface area contributed by atoms with Crippen LogP contribution >= 0.6 is 0 Å². The summed E-state index contributed by atoms with van der Waals surface area (Å²) in [6.45, 7) is 3.80. The monoisotopic (exact) mass is 276 g/mol. The van der Waals surface area contributed by atoms with Gasteiger partial charge in [0.2, 0.25) is 0 Å². The molecule has 0 aliphatic carbocycles. The third kappa shape index (κ3) is 3.95. The number of hydrogen-bond acceptors (Lipinski definition) is 3. The Labute approximate surface area is 77.2 Å². The molecular formula is C7H14O3Te. The van der Waals surface area contributed by atoms with E-state index in [1.165, 1.54) is 0 Å². The van der Waals surface area contributed by atoms with Crippen LogP contribution in [0.15, 0.2) is 0 Å². The summed E-state index contributed by atoms with van der Waals surface area (Å²) in [6, 6.07) is 0. The Balaban J connectivity index is 3.82. The van der Waals surface area contributed by atoms with Crippen LogP contribution in [0.1, 0.15) is 13.8 Å². The number of aliphatic hydroxyl groups is 1. The zero-order valence-corrected chi connectivity index (χ0v) is 9.42. The van der Waals surface area contributed by atoms with Crippen LogP contribution < -0.4 is 0 Å². The van der Waals surface area contributed by atoms with E-state index in [0.29, 0.717) is 0 Å². The quantitative estimate of drug-likeness (QED) is 0.598. The molecule has 0 spiro atoms. The molecule has 0 radical (unpaired) electrons. The van der Waals surface area contributed by atoms with Crippen LogP contribution in [0.3, 0.4) is 0 Å². The molecule has 0 amide bonds. The molecule has 0 unspecified atom stereocenters. The molecule has 0 bridgehead atoms. The summed E-state index contributed by atoms with van der Waals surface area (Å²) >= 11 is -0.317. The van der Waals surface area contributed by atoms with Gasteiger partial charge in [0, 0.05) is 0 Å². The summed E-state index contributed by atoms with van der Waals surface area (Å²) in [4.78, 5) is 13.2. The molecule has 4 heteroatoms. The molecule has 1 N–H and O–H groups in total. The summed E-state index contributed by atoms with van der Waals surface area (Å²) in [6.07, 6.45) is 0. The van der Waals surface area contributed by atoms with Gasteiger partial charge in [0.15, 0.2) is 0 Å². The number of ether oxygens (including phenoxy) is 1. The zero-order chi connectivity index (χ0) is 8.91. The van der Waals surface area contributed by atoms with Gasteiger partial charge in [-0.3, -0.25) is 0 Å². The average molecular weight is 274 g/mol. The van der Waals surface area contributed by atoms with Crippen LogP contribution in [0.2, 0.25) is 8.43 Å². The van der Waals surface area contributed by atoms with Crippen molar-refractivity contribution in [3.05, 3.63) is 0 Å². The number of carbonyl (C=O) groups is 1. The predicted molar refractivity (Wildman–Crippen MR) is 43.7 cm³/mol. The van der Waals surface area contributed by atoms with E-state index in [9.17, 15) is 4.79 Å². The molecule has 0 aliphatic rings. The summed E-state index contributed by atoms with van der Waals surface area (Å²) in [5.74, 6) is -0.184. The second kappa shape index (κ2) is 4.97. The van der Waals surface area contributed by atoms with Crippen molar-refractivity contribution < 1.29 is 14.6 Å². The van der Waals surface area contributed by atoms with Crippen molar-refractivity contribution in [1.82, 2.24) is 0 Å². The fraction of sp³-hybridized carbons (Fsp3) is 0.857. The zero-order valence-electron chi connectivity index (χ0n) is 7.09. The number of rotatable bonds is 4. The number of hydrogen-bond donors (Lipinski definition) is 1. The van der Waals surface area contributed by atoms with E-state index < -0.39 is 0 Å². The molecule has 0 atom stereocenters. The number of esters is 1. The van der Waals surface area contributed by atoms with E-state index in [1.807, 2.05) is 13.8 Å². The van der Waals surface area contributed by atoms with Gasteiger partial charge in [-0.1, -0.05) is 0 Å². The molecule has 0 rings (SSSR count). The summed E-state index contributed by atoms with van der Waals surface area (Å²) in [5.41, 5.74) is 0. The Morgan fingerprint density at radius 2 is 2.18 bits per heavy atom. The molecule has 0 aliphatic heterocycles. The van der Waals surface area contributed by atoms with Crippen molar-refractivity contribution in [3.8, 4) is 0 Å². The molecule has 0 heterocycles. The second-order valence-corrected chi connectivity index (χ2v) is 6.65. The van der Waals surface area contributed by atoms with Crippen LogP contribution in [0, 0.1) is 0 Å². The van der Waals surface area contributed by atoms with Gasteiger partial charge in [0.25, 0.3) is 0 Å². The van der Waals surface area contributed by atoms with E-state index >= 15 is 0 Å². The summed E-state index contributed by atoms with van der Waals surface area (Å²) < 4.78 is 4.50. The van der Waals surface area contributed by atoms with E-state index in [0.717, 1.165) is 0 Å². The molecule has 66 valence electrons. The van der Waals surface area contributed by atoms with Crippen LogP contribution in [-0.2, 0) is 9.53 Å². The van der Waals surface area contributed by atoms with E-state index in [-0.39, 0.29) is 43.6 Å². The van der Waals surface area contributed by atoms with Crippen molar-refractivity contribution in [1.29, 1.82) is 0 Å². The Hall–Kier alpha value is 0.220. The van der Waals surface area contributed by atoms with Crippen LogP contribution in [-0.4, -0.2) is 45.2 Å². The molecule has 3 nitrogen and oxygen atoms in total. The fourth-order valence-electron chi connectivity index (χ4n) is 0.395. The molecule has 0 saturated carbocycles. The molecule has 11 heavy (non-hydrogen) atoms. The van der Waals surface area contributed by atoms with Gasteiger partial charge < -0.3 is 0 Å². The predicted octanol–water partition coefficient (Wildman–Crippen LogP) is 0.473. The molecule has 0 aromatic heterocycles. The average Bonchev–Trinajstić information content (AvgIpc) is 2.00. The molecule has 0 aromatic rings. The van der Waals surface area contributed by atoms with E-state index in [1.54, 1.807) is 0 Å². The van der Waals surface area contributed by atoms with Crippen LogP contribution in [0.5, 0.6) is 0 Å². The van der Waals surface area contributed by atoms with Gasteiger partial charge in [0.05, 0.1) is 0 Å². The van der Waals surface area contributed by atoms with Gasteiger partial charge in [0.1, 0.15) is 0 Å². The molecule has 0 fully saturated rings. The van der Waals surface area contributed by atoms with Crippen molar-refractivity contribution in [2.75, 3.05) is 13.2 Å². The Bertz CT molecular complexity index is 134. The van der Waals surface area contributed by atoms with Gasteiger partial charge >= 0.3 is 77.0 Å². The van der Waals surface area contributed by atoms with E-state index in [4.69, 9.17) is 9.84 Å². The topological polar surface area (TPSA) is 46.5 Å². The van der Waals surface area contributed by atoms with Crippen LogP contribution in [0.25, 0.3) is 0 Å². The summed E-state index contributed by atoms with van der Waals surface area (Å²) in [5, 5.41) is 8.39. The second-order valence-electron chi connectivity index (χ2n) is 2.57. The normalized spacial score (nSPS) is 11.3. The van der Waals surface area contributed by atoms with Gasteiger partial charge in [-0.25, -0.2) is 0 Å². The first-order valence-corrected chi connectivity index (χ1v) is 6.87. The standard InChI is InChI=1S/C7H14O3Te/c1-7(2,11-3)6(9)10-5-4-8/h8H,4-5H2,1-3H3. The Morgan fingerprint density at radius 3 is 2.55 bits per heavy atom. The number of aliphatic hydroxyl groups excluding tert-OH is 1. The van der Waals surface area contributed by atoms with Crippen LogP contribution in [0.4, 0.5) is 0 Å². The Morgan fingerprint density at radius 1 is 1.64 bits per heavy atom. The maximum absolute atomic E-state index is 11.2. The van der Waals surface area contributed by atoms with Gasteiger partial charge in [-0.2, -0.15) is 0 Å². The SMILES string of the molecule is C[Te]C(C)(C)C(=O)OCCO. The number of carbonyl (C=O) groups excluding carboxylic acids is 1. The minimum absolute atomic E-state index is 0.0912. The van der Waals surface area contributed by atoms with Crippen molar-refractivity contribution in [2.45, 2.75) is 22.3 Å². The summed E-state index contributed by atoms with van der Waals surface area (Å²) in [7, 11) is 0. The molecule has 0 aromatic carbocycles. The van der Waals surface area contributed by atoms with Gasteiger partial charge in [-0.05, 0) is 0 Å². The van der Waals surface area contributed by atoms with Crippen molar-refractivity contribution in [2.24, 2.45) is 0 Å². The molecule has 0 saturated heterocycles.